The number of cyclic esters (lactones) is 1. The Hall–Kier alpha value is -2.39. The minimum absolute atomic E-state index is 0.189. The van der Waals surface area contributed by atoms with E-state index in [9.17, 15) is 14.0 Å². The Kier molecular flexibility index (Phi) is 6.34. The molecular formula is C22H30FN3O5. The molecule has 3 saturated heterocycles. The number of ether oxygens (including phenoxy) is 3. The van der Waals surface area contributed by atoms with E-state index in [2.05, 4.69) is 10.2 Å². The van der Waals surface area contributed by atoms with Crippen molar-refractivity contribution in [3.05, 3.63) is 24.0 Å². The zero-order valence-corrected chi connectivity index (χ0v) is 18.1. The summed E-state index contributed by atoms with van der Waals surface area (Å²) in [4.78, 5) is 26.7. The molecule has 1 aromatic carbocycles. The van der Waals surface area contributed by atoms with E-state index < -0.39 is 18.0 Å². The second kappa shape index (κ2) is 9.00. The third-order valence-electron chi connectivity index (χ3n) is 6.21. The van der Waals surface area contributed by atoms with Gasteiger partial charge in [-0.15, -0.1) is 0 Å². The molecule has 0 radical (unpaired) electrons. The zero-order chi connectivity index (χ0) is 22.0. The highest BCUT2D eigenvalue weighted by Crippen LogP contribution is 2.34. The Balaban J connectivity index is 1.34. The van der Waals surface area contributed by atoms with Gasteiger partial charge in [0.1, 0.15) is 11.9 Å². The third kappa shape index (κ3) is 5.10. The quantitative estimate of drug-likeness (QED) is 0.740. The van der Waals surface area contributed by atoms with Gasteiger partial charge >= 0.3 is 6.09 Å². The Labute approximate surface area is 181 Å². The zero-order valence-electron chi connectivity index (χ0n) is 18.1. The minimum Gasteiger partial charge on any atom is -0.442 e. The predicted molar refractivity (Wildman–Crippen MR) is 113 cm³/mol. The molecule has 3 aliphatic rings. The SMILES string of the molecule is CC(=O)NC[C@H]1CN(c2ccc(N3CCC(CC4(C)OCCO4)CC3)c(F)c2)C(=O)O1. The number of nitrogens with one attached hydrogen (secondary N) is 1. The van der Waals surface area contributed by atoms with Gasteiger partial charge in [0, 0.05) is 26.4 Å². The van der Waals surface area contributed by atoms with Crippen molar-refractivity contribution in [1.82, 2.24) is 5.32 Å². The van der Waals surface area contributed by atoms with Gasteiger partial charge in [-0.1, -0.05) is 0 Å². The summed E-state index contributed by atoms with van der Waals surface area (Å²) in [6, 6.07) is 4.85. The minimum atomic E-state index is -0.534. The third-order valence-corrected chi connectivity index (χ3v) is 6.21. The van der Waals surface area contributed by atoms with E-state index in [1.807, 2.05) is 6.92 Å². The summed E-state index contributed by atoms with van der Waals surface area (Å²) < 4.78 is 31.6. The van der Waals surface area contributed by atoms with Crippen molar-refractivity contribution in [2.75, 3.05) is 49.2 Å². The highest BCUT2D eigenvalue weighted by atomic mass is 19.1. The lowest BCUT2D eigenvalue weighted by Gasteiger charge is -2.36. The number of hydrogen-bond donors (Lipinski definition) is 1. The average molecular weight is 435 g/mol. The maximum atomic E-state index is 14.9. The highest BCUT2D eigenvalue weighted by molar-refractivity contribution is 5.90. The van der Waals surface area contributed by atoms with Gasteiger partial charge in [-0.05, 0) is 43.9 Å². The van der Waals surface area contributed by atoms with E-state index in [0.717, 1.165) is 32.4 Å². The fourth-order valence-electron chi connectivity index (χ4n) is 4.59. The second-order valence-electron chi connectivity index (χ2n) is 8.65. The van der Waals surface area contributed by atoms with Gasteiger partial charge in [0.2, 0.25) is 5.91 Å². The number of hydrogen-bond acceptors (Lipinski definition) is 6. The van der Waals surface area contributed by atoms with Crippen molar-refractivity contribution >= 4 is 23.4 Å². The van der Waals surface area contributed by atoms with Crippen molar-refractivity contribution in [2.24, 2.45) is 5.92 Å². The molecule has 0 unspecified atom stereocenters. The Morgan fingerprint density at radius 1 is 1.26 bits per heavy atom. The van der Waals surface area contributed by atoms with Gasteiger partial charge in [0.05, 0.1) is 37.7 Å². The maximum Gasteiger partial charge on any atom is 0.414 e. The number of anilines is 2. The molecule has 1 atom stereocenters. The van der Waals surface area contributed by atoms with Gasteiger partial charge in [0.25, 0.3) is 0 Å². The number of nitrogens with zero attached hydrogens (tertiary/aromatic N) is 2. The van der Waals surface area contributed by atoms with Gasteiger partial charge < -0.3 is 24.4 Å². The van der Waals surface area contributed by atoms with Crippen LogP contribution in [0.5, 0.6) is 0 Å². The summed E-state index contributed by atoms with van der Waals surface area (Å²) in [5.74, 6) is -0.543. The van der Waals surface area contributed by atoms with E-state index in [1.165, 1.54) is 17.9 Å². The summed E-state index contributed by atoms with van der Waals surface area (Å²) in [6.07, 6.45) is 1.78. The first-order valence-electron chi connectivity index (χ1n) is 10.9. The van der Waals surface area contributed by atoms with E-state index in [1.54, 1.807) is 12.1 Å². The number of benzene rings is 1. The summed E-state index contributed by atoms with van der Waals surface area (Å²) in [5, 5.41) is 2.63. The maximum absolute atomic E-state index is 14.9. The van der Waals surface area contributed by atoms with Crippen LogP contribution >= 0.6 is 0 Å². The summed E-state index contributed by atoms with van der Waals surface area (Å²) >= 11 is 0. The first kappa shape index (κ1) is 21.8. The Bertz CT molecular complexity index is 821. The van der Waals surface area contributed by atoms with Crippen molar-refractivity contribution in [2.45, 2.75) is 45.0 Å². The normalized spacial score (nSPS) is 23.8. The number of amides is 2. The van der Waals surface area contributed by atoms with Crippen LogP contribution < -0.4 is 15.1 Å². The number of halogens is 1. The smallest absolute Gasteiger partial charge is 0.414 e. The standard InChI is InChI=1S/C22H30FN3O5/c1-15(27)24-13-18-14-26(21(28)31-18)17-3-4-20(19(23)11-17)25-7-5-16(6-8-25)12-22(2)29-9-10-30-22/h3-4,11,16,18H,5-10,12-14H2,1-2H3,(H,24,27)/t18-/m0/s1. The topological polar surface area (TPSA) is 80.3 Å². The number of piperidine rings is 1. The Morgan fingerprint density at radius 2 is 1.97 bits per heavy atom. The predicted octanol–water partition coefficient (Wildman–Crippen LogP) is 2.66. The molecule has 0 aliphatic carbocycles. The molecule has 9 heteroatoms. The molecule has 8 nitrogen and oxygen atoms in total. The Morgan fingerprint density at radius 3 is 2.61 bits per heavy atom. The van der Waals surface area contributed by atoms with Crippen molar-refractivity contribution in [3.8, 4) is 0 Å². The molecule has 0 aromatic heterocycles. The molecule has 3 aliphatic heterocycles. The fourth-order valence-corrected chi connectivity index (χ4v) is 4.59. The first-order valence-corrected chi connectivity index (χ1v) is 10.9. The molecule has 170 valence electrons. The van der Waals surface area contributed by atoms with E-state index >= 15 is 0 Å². The summed E-state index contributed by atoms with van der Waals surface area (Å²) in [6.45, 7) is 6.73. The lowest BCUT2D eigenvalue weighted by molar-refractivity contribution is -0.156. The van der Waals surface area contributed by atoms with Crippen molar-refractivity contribution in [1.29, 1.82) is 0 Å². The van der Waals surface area contributed by atoms with Gasteiger partial charge in [-0.25, -0.2) is 9.18 Å². The summed E-state index contributed by atoms with van der Waals surface area (Å²) in [7, 11) is 0. The molecule has 3 fully saturated rings. The lowest BCUT2D eigenvalue weighted by Crippen LogP contribution is -2.38. The van der Waals surface area contributed by atoms with Crippen LogP contribution in [-0.4, -0.2) is 63.3 Å². The molecule has 4 rings (SSSR count). The van der Waals surface area contributed by atoms with Crippen molar-refractivity contribution in [3.63, 3.8) is 0 Å². The molecule has 0 saturated carbocycles. The van der Waals surface area contributed by atoms with Crippen LogP contribution in [-0.2, 0) is 19.0 Å². The monoisotopic (exact) mass is 435 g/mol. The van der Waals surface area contributed by atoms with Gasteiger partial charge in [-0.2, -0.15) is 0 Å². The number of rotatable bonds is 6. The summed E-state index contributed by atoms with van der Waals surface area (Å²) in [5.41, 5.74) is 0.999. The van der Waals surface area contributed by atoms with Crippen LogP contribution in [0.1, 0.15) is 33.1 Å². The van der Waals surface area contributed by atoms with Gasteiger partial charge in [-0.3, -0.25) is 9.69 Å². The molecule has 1 N–H and O–H groups in total. The molecular weight excluding hydrogens is 405 g/mol. The molecule has 31 heavy (non-hydrogen) atoms. The average Bonchev–Trinajstić information content (AvgIpc) is 3.32. The van der Waals surface area contributed by atoms with Crippen LogP contribution in [0.3, 0.4) is 0 Å². The largest absolute Gasteiger partial charge is 0.442 e. The first-order chi connectivity index (χ1) is 14.8. The van der Waals surface area contributed by atoms with Crippen LogP contribution in [0.2, 0.25) is 0 Å². The van der Waals surface area contributed by atoms with E-state index in [4.69, 9.17) is 14.2 Å². The highest BCUT2D eigenvalue weighted by Gasteiger charge is 2.36. The molecule has 1 aromatic rings. The fraction of sp³-hybridized carbons (Fsp3) is 0.636. The van der Waals surface area contributed by atoms with Crippen LogP contribution in [0.15, 0.2) is 18.2 Å². The van der Waals surface area contributed by atoms with E-state index in [0.29, 0.717) is 30.5 Å². The second-order valence-corrected chi connectivity index (χ2v) is 8.65. The van der Waals surface area contributed by atoms with Crippen molar-refractivity contribution < 1.29 is 28.2 Å². The molecule has 0 bridgehead atoms. The van der Waals surface area contributed by atoms with Crippen LogP contribution in [0.4, 0.5) is 20.6 Å². The number of carbonyl (C=O) groups excluding carboxylic acids is 2. The molecule has 0 spiro atoms. The van der Waals surface area contributed by atoms with Crippen LogP contribution in [0, 0.1) is 11.7 Å². The number of carbonyl (C=O) groups is 2. The van der Waals surface area contributed by atoms with Gasteiger partial charge in [0.15, 0.2) is 5.79 Å². The molecule has 3 heterocycles. The molecule has 2 amide bonds. The van der Waals surface area contributed by atoms with E-state index in [-0.39, 0.29) is 24.8 Å². The lowest BCUT2D eigenvalue weighted by atomic mass is 9.90. The van der Waals surface area contributed by atoms with Crippen LogP contribution in [0.25, 0.3) is 0 Å².